The van der Waals surface area contributed by atoms with Crippen molar-refractivity contribution in [3.05, 3.63) is 65.4 Å². The van der Waals surface area contributed by atoms with Gasteiger partial charge in [-0.25, -0.2) is 0 Å². The molecule has 0 aliphatic carbocycles. The van der Waals surface area contributed by atoms with E-state index >= 15 is 0 Å². The number of nitrogens with one attached hydrogen (secondary N) is 1. The van der Waals surface area contributed by atoms with E-state index in [1.54, 1.807) is 0 Å². The van der Waals surface area contributed by atoms with Crippen LogP contribution in [0, 0.1) is 18.8 Å². The van der Waals surface area contributed by atoms with Gasteiger partial charge in [-0.05, 0) is 37.1 Å². The van der Waals surface area contributed by atoms with E-state index in [-0.39, 0.29) is 18.3 Å². The minimum Gasteiger partial charge on any atom is -0.337 e. The van der Waals surface area contributed by atoms with Crippen LogP contribution in [0.2, 0.25) is 0 Å². The van der Waals surface area contributed by atoms with Crippen LogP contribution in [0.25, 0.3) is 10.9 Å². The number of fused-ring (bicyclic) bond motifs is 2. The second kappa shape index (κ2) is 7.22. The number of carbonyl (C=O) groups excluding carboxylic acids is 1. The van der Waals surface area contributed by atoms with Crippen LogP contribution in [-0.4, -0.2) is 52.6 Å². The van der Waals surface area contributed by atoms with Gasteiger partial charge < -0.3 is 4.90 Å². The van der Waals surface area contributed by atoms with Crippen LogP contribution in [-0.2, 0) is 0 Å². The summed E-state index contributed by atoms with van der Waals surface area (Å²) < 4.78 is 0. The molecule has 1 aromatic heterocycles. The normalized spacial score (nSPS) is 24.4. The molecule has 2 fully saturated rings. The van der Waals surface area contributed by atoms with Crippen molar-refractivity contribution in [2.24, 2.45) is 11.8 Å². The summed E-state index contributed by atoms with van der Waals surface area (Å²) >= 11 is 0. The number of hydrogen-bond acceptors (Lipinski definition) is 3. The van der Waals surface area contributed by atoms with Gasteiger partial charge in [-0.3, -0.25) is 14.8 Å². The Balaban J connectivity index is 0.00000192. The lowest BCUT2D eigenvalue weighted by atomic mass is 9.88. The molecule has 2 aromatic carbocycles. The summed E-state index contributed by atoms with van der Waals surface area (Å²) in [6.07, 6.45) is 0. The molecule has 5 nitrogen and oxygen atoms in total. The zero-order chi connectivity index (χ0) is 18.5. The number of likely N-dealkylation sites (tertiary alicyclic amines) is 2. The minimum absolute atomic E-state index is 0. The maximum atomic E-state index is 13.2. The van der Waals surface area contributed by atoms with Gasteiger partial charge in [0.05, 0.1) is 5.52 Å². The van der Waals surface area contributed by atoms with E-state index in [2.05, 4.69) is 53.3 Å². The van der Waals surface area contributed by atoms with E-state index in [4.69, 9.17) is 0 Å². The van der Waals surface area contributed by atoms with Crippen molar-refractivity contribution in [2.45, 2.75) is 13.0 Å². The fourth-order valence-corrected chi connectivity index (χ4v) is 5.09. The molecule has 0 saturated carbocycles. The van der Waals surface area contributed by atoms with Gasteiger partial charge in [-0.15, -0.1) is 12.4 Å². The zero-order valence-corrected chi connectivity index (χ0v) is 16.9. The number of hydrogen-bond donors (Lipinski definition) is 1. The molecule has 2 aliphatic heterocycles. The fourth-order valence-electron chi connectivity index (χ4n) is 5.09. The summed E-state index contributed by atoms with van der Waals surface area (Å²) in [5.74, 6) is 1.05. The first-order chi connectivity index (χ1) is 13.1. The second-order valence-electron chi connectivity index (χ2n) is 7.99. The first kappa shape index (κ1) is 19.0. The standard InChI is InChI=1S/C22H24N4O.ClH/c1-14-7-3-4-8-16(14)21-18-13-26(12-15(18)11-25(21)2)22(27)20-17-9-5-6-10-19(17)23-24-20;/h3-10,15,18,21H,11-13H2,1-2H3,(H,23,24);1H/t15-,18+,21-;/m0./s1. The quantitative estimate of drug-likeness (QED) is 0.719. The lowest BCUT2D eigenvalue weighted by Gasteiger charge is -2.28. The van der Waals surface area contributed by atoms with E-state index in [0.29, 0.717) is 23.6 Å². The Morgan fingerprint density at radius 1 is 1.07 bits per heavy atom. The number of amides is 1. The monoisotopic (exact) mass is 396 g/mol. The van der Waals surface area contributed by atoms with Gasteiger partial charge >= 0.3 is 0 Å². The Bertz CT molecular complexity index is 1020. The molecular formula is C22H25ClN4O. The number of nitrogens with zero attached hydrogens (tertiary/aromatic N) is 3. The average Bonchev–Trinajstić information content (AvgIpc) is 3.34. The molecule has 6 heteroatoms. The average molecular weight is 397 g/mol. The van der Waals surface area contributed by atoms with Crippen molar-refractivity contribution in [1.82, 2.24) is 20.0 Å². The van der Waals surface area contributed by atoms with Crippen LogP contribution in [0.5, 0.6) is 0 Å². The SMILES string of the molecule is Cc1ccccc1[C@H]1[C@@H]2CN(C(=O)c3n[nH]c4ccccc34)C[C@@H]2CN1C.Cl. The number of aromatic amines is 1. The fraction of sp³-hybridized carbons (Fsp3) is 0.364. The molecule has 0 spiro atoms. The molecule has 3 aromatic rings. The highest BCUT2D eigenvalue weighted by Gasteiger charge is 2.47. The molecular weight excluding hydrogens is 372 g/mol. The lowest BCUT2D eigenvalue weighted by molar-refractivity contribution is 0.0764. The summed E-state index contributed by atoms with van der Waals surface area (Å²) in [5, 5.41) is 8.21. The number of aromatic nitrogens is 2. The van der Waals surface area contributed by atoms with Gasteiger partial charge in [0.15, 0.2) is 5.69 Å². The third kappa shape index (κ3) is 2.90. The van der Waals surface area contributed by atoms with Gasteiger partial charge in [0, 0.05) is 37.0 Å². The summed E-state index contributed by atoms with van der Waals surface area (Å²) in [5.41, 5.74) is 4.19. The van der Waals surface area contributed by atoms with E-state index in [9.17, 15) is 4.79 Å². The molecule has 0 radical (unpaired) electrons. The molecule has 1 amide bonds. The molecule has 5 rings (SSSR count). The highest BCUT2D eigenvalue weighted by molar-refractivity contribution is 6.04. The minimum atomic E-state index is 0. The molecule has 2 aliphatic rings. The highest BCUT2D eigenvalue weighted by Crippen LogP contribution is 2.45. The van der Waals surface area contributed by atoms with Gasteiger partial charge in [0.2, 0.25) is 0 Å². The number of carbonyl (C=O) groups is 1. The molecule has 146 valence electrons. The third-order valence-electron chi connectivity index (χ3n) is 6.36. The summed E-state index contributed by atoms with van der Waals surface area (Å²) in [6, 6.07) is 16.9. The Hall–Kier alpha value is -2.37. The zero-order valence-electron chi connectivity index (χ0n) is 16.1. The van der Waals surface area contributed by atoms with Crippen LogP contribution >= 0.6 is 12.4 Å². The van der Waals surface area contributed by atoms with Crippen molar-refractivity contribution in [3.63, 3.8) is 0 Å². The number of rotatable bonds is 2. The van der Waals surface area contributed by atoms with Crippen molar-refractivity contribution >= 4 is 29.2 Å². The van der Waals surface area contributed by atoms with Gasteiger partial charge in [-0.1, -0.05) is 42.5 Å². The van der Waals surface area contributed by atoms with Crippen LogP contribution in [0.3, 0.4) is 0 Å². The number of H-pyrrole nitrogens is 1. The first-order valence-electron chi connectivity index (χ1n) is 9.61. The summed E-state index contributed by atoms with van der Waals surface area (Å²) in [6.45, 7) is 4.84. The van der Waals surface area contributed by atoms with Crippen LogP contribution in [0.15, 0.2) is 48.5 Å². The van der Waals surface area contributed by atoms with Crippen molar-refractivity contribution in [3.8, 4) is 0 Å². The van der Waals surface area contributed by atoms with Gasteiger partial charge in [0.25, 0.3) is 5.91 Å². The van der Waals surface area contributed by atoms with E-state index in [1.807, 2.05) is 29.2 Å². The number of para-hydroxylation sites is 1. The molecule has 28 heavy (non-hydrogen) atoms. The lowest BCUT2D eigenvalue weighted by Crippen LogP contribution is -2.33. The third-order valence-corrected chi connectivity index (χ3v) is 6.36. The van der Waals surface area contributed by atoms with Crippen LogP contribution in [0.4, 0.5) is 0 Å². The Labute approximate surface area is 171 Å². The Morgan fingerprint density at radius 3 is 2.64 bits per heavy atom. The van der Waals surface area contributed by atoms with Crippen molar-refractivity contribution in [1.29, 1.82) is 0 Å². The number of aryl methyl sites for hydroxylation is 1. The molecule has 0 bridgehead atoms. The second-order valence-corrected chi connectivity index (χ2v) is 7.99. The largest absolute Gasteiger partial charge is 0.337 e. The molecule has 1 N–H and O–H groups in total. The highest BCUT2D eigenvalue weighted by atomic mass is 35.5. The van der Waals surface area contributed by atoms with Crippen molar-refractivity contribution in [2.75, 3.05) is 26.7 Å². The van der Waals surface area contributed by atoms with E-state index < -0.39 is 0 Å². The maximum Gasteiger partial charge on any atom is 0.275 e. The van der Waals surface area contributed by atoms with Gasteiger partial charge in [-0.2, -0.15) is 5.10 Å². The maximum absolute atomic E-state index is 13.2. The number of benzene rings is 2. The Kier molecular flexibility index (Phi) is 4.89. The first-order valence-corrected chi connectivity index (χ1v) is 9.61. The topological polar surface area (TPSA) is 52.2 Å². The molecule has 3 atom stereocenters. The summed E-state index contributed by atoms with van der Waals surface area (Å²) in [7, 11) is 2.21. The Morgan fingerprint density at radius 2 is 1.82 bits per heavy atom. The van der Waals surface area contributed by atoms with E-state index in [0.717, 1.165) is 30.5 Å². The molecule has 0 unspecified atom stereocenters. The predicted octanol–water partition coefficient (Wildman–Crippen LogP) is 3.67. The predicted molar refractivity (Wildman–Crippen MR) is 113 cm³/mol. The van der Waals surface area contributed by atoms with Crippen LogP contribution < -0.4 is 0 Å². The molecule has 2 saturated heterocycles. The molecule has 3 heterocycles. The van der Waals surface area contributed by atoms with Crippen LogP contribution in [0.1, 0.15) is 27.7 Å². The number of halogens is 1. The smallest absolute Gasteiger partial charge is 0.275 e. The summed E-state index contributed by atoms with van der Waals surface area (Å²) in [4.78, 5) is 17.6. The van der Waals surface area contributed by atoms with Crippen molar-refractivity contribution < 1.29 is 4.79 Å². The van der Waals surface area contributed by atoms with E-state index in [1.165, 1.54) is 11.1 Å². The van der Waals surface area contributed by atoms with Gasteiger partial charge in [0.1, 0.15) is 0 Å².